The molecule has 1 N–H and O–H groups in total. The first-order chi connectivity index (χ1) is 6.81. The van der Waals surface area contributed by atoms with Crippen LogP contribution in [0.15, 0.2) is 30.6 Å². The molecule has 0 saturated heterocycles. The number of aromatic nitrogens is 2. The van der Waals surface area contributed by atoms with E-state index in [0.29, 0.717) is 11.4 Å². The van der Waals surface area contributed by atoms with E-state index in [1.165, 1.54) is 13.2 Å². The van der Waals surface area contributed by atoms with Gasteiger partial charge in [0.1, 0.15) is 5.82 Å². The van der Waals surface area contributed by atoms with Gasteiger partial charge in [0.2, 0.25) is 5.88 Å². The lowest BCUT2D eigenvalue weighted by molar-refractivity contribution is 0.397. The minimum absolute atomic E-state index is 0.379. The van der Waals surface area contributed by atoms with Crippen LogP contribution in [0.4, 0.5) is 4.39 Å². The van der Waals surface area contributed by atoms with Gasteiger partial charge in [0.15, 0.2) is 0 Å². The van der Waals surface area contributed by atoms with E-state index < -0.39 is 0 Å². The molecule has 0 aromatic carbocycles. The summed E-state index contributed by atoms with van der Waals surface area (Å²) in [6, 6.07) is 5.05. The van der Waals surface area contributed by atoms with Crippen molar-refractivity contribution >= 4 is 0 Å². The van der Waals surface area contributed by atoms with Crippen LogP contribution in [0.2, 0.25) is 0 Å². The van der Waals surface area contributed by atoms with Crippen molar-refractivity contribution in [1.29, 1.82) is 0 Å². The van der Waals surface area contributed by atoms with E-state index in [2.05, 4.69) is 9.97 Å². The van der Waals surface area contributed by atoms with Crippen LogP contribution in [0.1, 0.15) is 0 Å². The summed E-state index contributed by atoms with van der Waals surface area (Å²) in [5, 5.41) is 0. The van der Waals surface area contributed by atoms with Crippen LogP contribution in [0.5, 0.6) is 5.88 Å². The van der Waals surface area contributed by atoms with Crippen LogP contribution in [0.25, 0.3) is 11.3 Å². The predicted molar refractivity (Wildman–Crippen MR) is 50.5 cm³/mol. The average Bonchev–Trinajstić information content (AvgIpc) is 2.70. The van der Waals surface area contributed by atoms with Gasteiger partial charge < -0.3 is 9.72 Å². The summed E-state index contributed by atoms with van der Waals surface area (Å²) in [4.78, 5) is 6.80. The standard InChI is InChI=1S/C10H9FN2O/c1-14-10-8(5-7(11)6-13-10)9-3-2-4-12-9/h2-6,12H,1H3. The van der Waals surface area contributed by atoms with E-state index in [4.69, 9.17) is 4.74 Å². The second-order valence-electron chi connectivity index (χ2n) is 2.79. The lowest BCUT2D eigenvalue weighted by Gasteiger charge is -2.04. The number of aromatic amines is 1. The molecule has 0 aliphatic rings. The molecule has 2 rings (SSSR count). The van der Waals surface area contributed by atoms with Crippen molar-refractivity contribution in [3.8, 4) is 17.1 Å². The molecule has 2 aromatic rings. The zero-order valence-electron chi connectivity index (χ0n) is 7.62. The SMILES string of the molecule is COc1ncc(F)cc1-c1ccc[nH]1. The molecular weight excluding hydrogens is 183 g/mol. The van der Waals surface area contributed by atoms with Crippen LogP contribution in [0, 0.1) is 5.82 Å². The zero-order chi connectivity index (χ0) is 9.97. The fraction of sp³-hybridized carbons (Fsp3) is 0.100. The smallest absolute Gasteiger partial charge is 0.222 e. The number of pyridine rings is 1. The largest absolute Gasteiger partial charge is 0.481 e. The number of halogens is 1. The van der Waals surface area contributed by atoms with Crippen LogP contribution in [-0.2, 0) is 0 Å². The van der Waals surface area contributed by atoms with E-state index >= 15 is 0 Å². The molecule has 72 valence electrons. The summed E-state index contributed by atoms with van der Waals surface area (Å²) in [6.07, 6.45) is 2.89. The zero-order valence-corrected chi connectivity index (χ0v) is 7.62. The summed E-state index contributed by atoms with van der Waals surface area (Å²) in [5.41, 5.74) is 1.41. The predicted octanol–water partition coefficient (Wildman–Crippen LogP) is 2.22. The van der Waals surface area contributed by atoms with Gasteiger partial charge in [0.05, 0.1) is 24.6 Å². The number of nitrogens with zero attached hydrogens (tertiary/aromatic N) is 1. The van der Waals surface area contributed by atoms with Crippen molar-refractivity contribution in [1.82, 2.24) is 9.97 Å². The van der Waals surface area contributed by atoms with Crippen molar-refractivity contribution < 1.29 is 9.13 Å². The summed E-state index contributed by atoms with van der Waals surface area (Å²) in [5.74, 6) is 0.0317. The summed E-state index contributed by atoms with van der Waals surface area (Å²) < 4.78 is 18.0. The van der Waals surface area contributed by atoms with Crippen LogP contribution < -0.4 is 4.74 Å². The number of methoxy groups -OCH3 is 1. The van der Waals surface area contributed by atoms with Crippen molar-refractivity contribution in [2.75, 3.05) is 7.11 Å². The maximum absolute atomic E-state index is 12.9. The molecule has 0 spiro atoms. The third-order valence-electron chi connectivity index (χ3n) is 1.90. The van der Waals surface area contributed by atoms with Crippen LogP contribution >= 0.6 is 0 Å². The molecule has 0 fully saturated rings. The Hall–Kier alpha value is -1.84. The fourth-order valence-corrected chi connectivity index (χ4v) is 1.28. The quantitative estimate of drug-likeness (QED) is 0.792. The highest BCUT2D eigenvalue weighted by molar-refractivity contribution is 5.64. The molecule has 0 atom stereocenters. The third-order valence-corrected chi connectivity index (χ3v) is 1.90. The fourth-order valence-electron chi connectivity index (χ4n) is 1.28. The Kier molecular flexibility index (Phi) is 2.18. The number of nitrogens with one attached hydrogen (secondary N) is 1. The van der Waals surface area contributed by atoms with Crippen molar-refractivity contribution in [2.24, 2.45) is 0 Å². The lowest BCUT2D eigenvalue weighted by Crippen LogP contribution is -1.92. The number of hydrogen-bond donors (Lipinski definition) is 1. The highest BCUT2D eigenvalue weighted by Crippen LogP contribution is 2.26. The third kappa shape index (κ3) is 1.46. The summed E-state index contributed by atoms with van der Waals surface area (Å²) in [6.45, 7) is 0. The Balaban J connectivity index is 2.55. The number of hydrogen-bond acceptors (Lipinski definition) is 2. The van der Waals surface area contributed by atoms with Gasteiger partial charge in [-0.2, -0.15) is 0 Å². The van der Waals surface area contributed by atoms with Crippen LogP contribution in [-0.4, -0.2) is 17.1 Å². The van der Waals surface area contributed by atoms with E-state index in [0.717, 1.165) is 11.9 Å². The highest BCUT2D eigenvalue weighted by Gasteiger charge is 2.08. The van der Waals surface area contributed by atoms with E-state index in [9.17, 15) is 4.39 Å². The Labute approximate surface area is 80.6 Å². The number of ether oxygens (including phenoxy) is 1. The van der Waals surface area contributed by atoms with Gasteiger partial charge >= 0.3 is 0 Å². The van der Waals surface area contributed by atoms with Crippen molar-refractivity contribution in [2.45, 2.75) is 0 Å². The molecular formula is C10H9FN2O. The van der Waals surface area contributed by atoms with Gasteiger partial charge in [-0.1, -0.05) is 0 Å². The monoisotopic (exact) mass is 192 g/mol. The molecule has 0 unspecified atom stereocenters. The molecule has 0 bridgehead atoms. The van der Waals surface area contributed by atoms with Gasteiger partial charge in [-0.05, 0) is 18.2 Å². The van der Waals surface area contributed by atoms with Gasteiger partial charge in [-0.3, -0.25) is 0 Å². The van der Waals surface area contributed by atoms with E-state index in [1.54, 1.807) is 6.20 Å². The molecule has 4 heteroatoms. The average molecular weight is 192 g/mol. The van der Waals surface area contributed by atoms with Gasteiger partial charge in [0, 0.05) is 6.20 Å². The molecule has 2 aromatic heterocycles. The molecule has 3 nitrogen and oxygen atoms in total. The molecule has 0 aliphatic carbocycles. The molecule has 0 amide bonds. The normalized spacial score (nSPS) is 10.1. The minimum atomic E-state index is -0.379. The summed E-state index contributed by atoms with van der Waals surface area (Å²) in [7, 11) is 1.51. The molecule has 14 heavy (non-hydrogen) atoms. The Bertz CT molecular complexity index is 426. The Morgan fingerprint density at radius 3 is 3.00 bits per heavy atom. The second kappa shape index (κ2) is 3.49. The first-order valence-electron chi connectivity index (χ1n) is 4.14. The first-order valence-corrected chi connectivity index (χ1v) is 4.14. The van der Waals surface area contributed by atoms with E-state index in [1.807, 2.05) is 12.1 Å². The van der Waals surface area contributed by atoms with Crippen molar-refractivity contribution in [3.05, 3.63) is 36.4 Å². The Morgan fingerprint density at radius 2 is 2.36 bits per heavy atom. The van der Waals surface area contributed by atoms with Crippen molar-refractivity contribution in [3.63, 3.8) is 0 Å². The maximum atomic E-state index is 12.9. The lowest BCUT2D eigenvalue weighted by atomic mass is 10.2. The maximum Gasteiger partial charge on any atom is 0.222 e. The minimum Gasteiger partial charge on any atom is -0.481 e. The topological polar surface area (TPSA) is 37.9 Å². The second-order valence-corrected chi connectivity index (χ2v) is 2.79. The van der Waals surface area contributed by atoms with Gasteiger partial charge in [-0.25, -0.2) is 9.37 Å². The number of H-pyrrole nitrogens is 1. The Morgan fingerprint density at radius 1 is 1.50 bits per heavy atom. The highest BCUT2D eigenvalue weighted by atomic mass is 19.1. The molecule has 0 saturated carbocycles. The van der Waals surface area contributed by atoms with Gasteiger partial charge in [-0.15, -0.1) is 0 Å². The van der Waals surface area contributed by atoms with Crippen LogP contribution in [0.3, 0.4) is 0 Å². The molecule has 0 aliphatic heterocycles. The molecule has 2 heterocycles. The van der Waals surface area contributed by atoms with Gasteiger partial charge in [0.25, 0.3) is 0 Å². The number of rotatable bonds is 2. The summed E-state index contributed by atoms with van der Waals surface area (Å²) >= 11 is 0. The van der Waals surface area contributed by atoms with E-state index in [-0.39, 0.29) is 5.82 Å². The molecule has 0 radical (unpaired) electrons. The first kappa shape index (κ1) is 8.74.